The predicted molar refractivity (Wildman–Crippen MR) is 406 cm³/mol. The molecule has 0 radical (unpaired) electrons. The first-order valence-electron chi connectivity index (χ1n) is 46.2. The monoisotopic (exact) mass is 1820 g/mol. The topological polar surface area (TPSA) is 115 Å². The van der Waals surface area contributed by atoms with Crippen molar-refractivity contribution in [3.8, 4) is 101 Å². The maximum atomic E-state index is 17.0. The van der Waals surface area contributed by atoms with Gasteiger partial charge in [-0.25, -0.2) is 152 Å². The van der Waals surface area contributed by atoms with Crippen LogP contribution in [-0.4, -0.2) is 39.9 Å². The van der Waals surface area contributed by atoms with Crippen LogP contribution in [0.15, 0.2) is 96.7 Å². The van der Waals surface area contributed by atoms with Crippen molar-refractivity contribution in [3.63, 3.8) is 0 Å². The molecule has 6 aromatic heterocycles. The lowest BCUT2D eigenvalue weighted by molar-refractivity contribution is 0.381. The van der Waals surface area contributed by atoms with Crippen molar-refractivity contribution in [1.29, 1.82) is 0 Å². The second-order valence-corrected chi connectivity index (χ2v) is 26.2. The van der Waals surface area contributed by atoms with Gasteiger partial charge in [-0.2, -0.15) is 0 Å². The molecule has 0 aliphatic carbocycles. The van der Waals surface area contributed by atoms with Gasteiger partial charge in [-0.05, 0) is 132 Å². The number of hydrogen-bond acceptors (Lipinski definition) is 4. The van der Waals surface area contributed by atoms with Crippen molar-refractivity contribution in [2.45, 2.75) is 0 Å². The van der Waals surface area contributed by atoms with Gasteiger partial charge in [0.1, 0.15) is 0 Å². The number of rotatable bonds is 8. The van der Waals surface area contributed by atoms with E-state index < -0.39 is 509 Å². The maximum absolute atomic E-state index is 17.0. The minimum absolute atomic E-state index is 1.48. The third-order valence-corrected chi connectivity index (χ3v) is 19.1. The van der Waals surface area contributed by atoms with E-state index in [1.165, 1.54) is 0 Å². The van der Waals surface area contributed by atoms with E-state index in [1.807, 2.05) is 21.8 Å². The van der Waals surface area contributed by atoms with Crippen LogP contribution in [0.25, 0.3) is 182 Å². The molecule has 10 heterocycles. The van der Waals surface area contributed by atoms with Gasteiger partial charge in [-0.15, -0.1) is 0 Å². The number of fused-ring (bicyclic) bond motifs is 16. The quantitative estimate of drug-likeness (QED) is 0.0525. The molecule has 0 saturated heterocycles. The molecule has 8 nitrogen and oxygen atoms in total. The summed E-state index contributed by atoms with van der Waals surface area (Å²) in [5.41, 5.74) is -66.4. The molecule has 38 heteroatoms. The Morgan fingerprint density at radius 2 is 0.297 bits per heavy atom. The zero-order chi connectivity index (χ0) is 112. The second kappa shape index (κ2) is 30.7. The van der Waals surface area contributed by atoms with Gasteiger partial charge >= 0.3 is 0 Å². The molecule has 638 valence electrons. The lowest BCUT2D eigenvalue weighted by atomic mass is 10.0. The molecule has 128 heavy (non-hydrogen) atoms. The zero-order valence-electron chi connectivity index (χ0n) is 84.1. The molecule has 4 aliphatic rings. The Kier molecular flexibility index (Phi) is 14.2. The molecule has 14 aromatic rings. The van der Waals surface area contributed by atoms with Crippen molar-refractivity contribution in [2.24, 2.45) is 0 Å². The summed E-state index contributed by atoms with van der Waals surface area (Å²) in [5.74, 6) is -87.6. The normalized spacial score (nSPS) is 15.5. The molecule has 0 fully saturated rings. The first-order valence-corrected chi connectivity index (χ1v) is 34.2. The highest BCUT2D eigenvalue weighted by atomic mass is 19.2. The Morgan fingerprint density at radius 1 is 0.156 bits per heavy atom. The summed E-state index contributed by atoms with van der Waals surface area (Å²) in [4.78, 5) is 22.8. The number of H-pyrrole nitrogens is 4. The summed E-state index contributed by atoms with van der Waals surface area (Å²) in [6.07, 6.45) is 0. The molecule has 0 spiro atoms. The molecule has 0 saturated carbocycles. The summed E-state index contributed by atoms with van der Waals surface area (Å²) >= 11 is 0. The first kappa shape index (κ1) is 59.3. The largest absolute Gasteiger partial charge is 0.354 e. The van der Waals surface area contributed by atoms with Crippen molar-refractivity contribution in [1.82, 2.24) is 39.9 Å². The van der Waals surface area contributed by atoms with Gasteiger partial charge in [-0.3, -0.25) is 0 Å². The van der Waals surface area contributed by atoms with E-state index in [-0.39, 0.29) is 0 Å². The number of aromatic amines is 4. The molecule has 0 amide bonds. The van der Waals surface area contributed by atoms with Crippen LogP contribution in [0.2, 0.25) is 0 Å². The van der Waals surface area contributed by atoms with E-state index in [9.17, 15) is 30.2 Å². The van der Waals surface area contributed by atoms with E-state index in [0.717, 1.165) is 0 Å². The number of benzene rings is 8. The smallest absolute Gasteiger partial charge is 0.200 e. The summed E-state index contributed by atoms with van der Waals surface area (Å²) in [7, 11) is 0. The van der Waals surface area contributed by atoms with Gasteiger partial charge in [-0.1, -0.05) is 36.0 Å². The molecule has 0 atom stereocenters. The Labute approximate surface area is 724 Å². The number of nitrogens with one attached hydrogen (secondary N) is 4. The second-order valence-electron chi connectivity index (χ2n) is 26.2. The summed E-state index contributed by atoms with van der Waals surface area (Å²) in [6.45, 7) is 0. The van der Waals surface area contributed by atoms with Crippen LogP contribution in [-0.2, 0) is 0 Å². The van der Waals surface area contributed by atoms with E-state index >= 15 is 132 Å². The third kappa shape index (κ3) is 12.8. The van der Waals surface area contributed by atoms with Gasteiger partial charge < -0.3 is 19.9 Å². The molecule has 8 aromatic carbocycles. The molecule has 4 N–H and O–H groups in total. The van der Waals surface area contributed by atoms with Crippen LogP contribution in [0.4, 0.5) is 132 Å². The highest BCUT2D eigenvalue weighted by molar-refractivity contribution is 6.04. The van der Waals surface area contributed by atoms with E-state index in [4.69, 9.17) is 2.74 Å². The van der Waals surface area contributed by atoms with Gasteiger partial charge in [0, 0.05) is 99.8 Å². The third-order valence-electron chi connectivity index (χ3n) is 19.1. The Bertz CT molecular complexity index is 8820. The van der Waals surface area contributed by atoms with Crippen molar-refractivity contribution < 1.29 is 165 Å². The Balaban J connectivity index is 0.968. The van der Waals surface area contributed by atoms with Crippen molar-refractivity contribution in [2.75, 3.05) is 0 Å². The van der Waals surface area contributed by atoms with Crippen LogP contribution in [0, 0.1) is 186 Å². The van der Waals surface area contributed by atoms with Crippen molar-refractivity contribution >= 4 is 92.6 Å². The Morgan fingerprint density at radius 3 is 0.492 bits per heavy atom. The first-order chi connectivity index (χ1) is 71.0. The fraction of sp³-hybridized carbons (Fsp3) is 0. The van der Waals surface area contributed by atoms with Gasteiger partial charge in [0.25, 0.3) is 0 Å². The summed E-state index contributed by atoms with van der Waals surface area (Å²) in [5, 5.41) is 0. The minimum atomic E-state index is -3.09. The SMILES string of the molecule is [2H]C1=C([2H])c2nc1c(-c1c(F)c(F)c(F)c(F)c1F)c1[nH]c(c([2H])c1[2H])c(-c1c(F)c(F)c(F)c(F)c1F)[13c]1[nH]c(c([2H])c1[2H])c(-c1c([2H])c([2H])c(C#Cc3c([2H])c([2H])c(-c4c5n[13c](c(-c6c(F)c(F)c(F)c(F)c6F)c6nc(c(-c7c(F)c(F)c(F)c(F)c7F)c7[nH]c(c([2H])c7[2H])c(-c7c(F)c(F)c(F)c(F)c7F)[13c]7[nH]c4c([2H])c7[2H])C([2H])=C6[2H])C([2H])=C5[2H])c([2H])c3[2H])c([2H])c1[2H])c1n[13c](c2-c2c(F)c(F)c(F)c(F)c2F)C([2H])=C1[2H]. The average Bonchev–Trinajstić information content (AvgIpc) is 1.53. The van der Waals surface area contributed by atoms with Gasteiger partial charge in [0.2, 0.25) is 34.9 Å². The van der Waals surface area contributed by atoms with Crippen LogP contribution in [0.1, 0.15) is 89.6 Å². The van der Waals surface area contributed by atoms with E-state index in [1.54, 1.807) is 9.97 Å². The maximum Gasteiger partial charge on any atom is 0.200 e. The number of hydrogen-bond donors (Lipinski definition) is 4. The standard InChI is InChI=1S/C90H28F30N8/c91-61-55(62(92)74(104)85(115)73(61)103)49-35-15-11-31(121-35)47(32-12-16-36(122-32)50(56-63(93)75(105)86(116)76(106)64(56)94)40-20-24-44(126-40)53(43-23-19-39(49)125-43)59-69(99)81(111)89(119)82(112)70(59)100)29-7-3-27(4-8-29)1-2-28-5-9-30(10-6-28)48-33-13-17-37(123-33)51(57-65(95)77(107)87(117)78(108)66(57)96)41-21-25-45(127-41)54(60-71(101)83(113)90(120)84(114)72(60)102)46-26-22-42(128-46)52(38-18-14-34(48)124-38)58-67(97)79(109)88(118)80(110)68(58)98/h3-26,121,123,125,127H/i3D,4D,5D,6D,7D,8D,9D,10D,11D,12D,13D,14D,15D,16D,17D,18D,19D,20D,21D,22D,23D,24D,25D,26D,35+1,36+1,37+1,38+1. The minimum Gasteiger partial charge on any atom is -0.354 e. The van der Waals surface area contributed by atoms with Gasteiger partial charge in [0.05, 0.1) is 112 Å². The molecule has 0 unspecified atom stereocenters. The molecule has 4 aliphatic heterocycles. The van der Waals surface area contributed by atoms with Crippen molar-refractivity contribution in [3.05, 3.63) is 328 Å². The van der Waals surface area contributed by atoms with E-state index in [0.29, 0.717) is 0 Å². The van der Waals surface area contributed by atoms with Gasteiger partial charge in [0.15, 0.2) is 140 Å². The zero-order valence-corrected chi connectivity index (χ0v) is 60.1. The number of halogens is 30. The van der Waals surface area contributed by atoms with E-state index in [2.05, 4.69) is 19.9 Å². The highest BCUT2D eigenvalue weighted by Crippen LogP contribution is 2.49. The lowest BCUT2D eigenvalue weighted by Gasteiger charge is -2.11. The fourth-order valence-electron chi connectivity index (χ4n) is 13.3. The summed E-state index contributed by atoms with van der Waals surface area (Å²) in [6, 6.07) is -44.5. The number of nitrogens with zero attached hydrogens (tertiary/aromatic N) is 4. The van der Waals surface area contributed by atoms with Crippen LogP contribution >= 0.6 is 0 Å². The Hall–Kier alpha value is -15.6. The predicted octanol–water partition coefficient (Wildman–Crippen LogP) is 26.5. The highest BCUT2D eigenvalue weighted by Gasteiger charge is 2.39. The molecular weight excluding hydrogens is 1770 g/mol. The molecule has 18 rings (SSSR count). The number of aromatic nitrogens is 8. The van der Waals surface area contributed by atoms with Crippen LogP contribution in [0.3, 0.4) is 0 Å². The molecular formula is C90H28F30N8. The molecule has 16 bridgehead atoms. The van der Waals surface area contributed by atoms with Crippen LogP contribution < -0.4 is 0 Å². The summed E-state index contributed by atoms with van der Waals surface area (Å²) < 4.78 is 709. The van der Waals surface area contributed by atoms with Crippen LogP contribution in [0.5, 0.6) is 0 Å². The average molecular weight is 1820 g/mol. The fourth-order valence-corrected chi connectivity index (χ4v) is 13.3. The lowest BCUT2D eigenvalue weighted by Crippen LogP contribution is -2.06.